The average molecular weight is 382 g/mol. The summed E-state index contributed by atoms with van der Waals surface area (Å²) in [6.07, 6.45) is 3.49. The Balaban J connectivity index is 4.81. The van der Waals surface area contributed by atoms with E-state index in [4.69, 9.17) is 4.43 Å². The highest BCUT2D eigenvalue weighted by Gasteiger charge is 2.44. The Kier molecular flexibility index (Phi) is 9.06. The number of allylic oxidation sites excluding steroid dienone is 1. The third kappa shape index (κ3) is 4.97. The van der Waals surface area contributed by atoms with E-state index in [9.17, 15) is 0 Å². The lowest BCUT2D eigenvalue weighted by Gasteiger charge is -2.42. The first-order valence-corrected chi connectivity index (χ1v) is 10.8. The van der Waals surface area contributed by atoms with Crippen LogP contribution in [-0.2, 0) is 4.43 Å². The molecule has 0 fully saturated rings. The smallest absolute Gasteiger partial charge is 0.200 e. The molecular weight excluding hydrogens is 351 g/mol. The Bertz CT molecular complexity index is 237. The van der Waals surface area contributed by atoms with Crippen molar-refractivity contribution in [3.05, 3.63) is 11.6 Å². The topological polar surface area (TPSA) is 9.23 Å². The maximum atomic E-state index is 6.54. The van der Waals surface area contributed by atoms with Crippen molar-refractivity contribution >= 4 is 30.9 Å². The van der Waals surface area contributed by atoms with Crippen LogP contribution in [0, 0.1) is 0 Å². The molecule has 0 N–H and O–H groups in total. The second kappa shape index (κ2) is 8.75. The molecule has 3 heteroatoms. The second-order valence-electron chi connectivity index (χ2n) is 6.13. The summed E-state index contributed by atoms with van der Waals surface area (Å²) in [7, 11) is -1.67. The fourth-order valence-corrected chi connectivity index (χ4v) is 8.89. The zero-order chi connectivity index (χ0) is 14.3. The highest BCUT2D eigenvalue weighted by molar-refractivity contribution is 14.1. The molecule has 0 heterocycles. The highest BCUT2D eigenvalue weighted by Crippen LogP contribution is 2.42. The van der Waals surface area contributed by atoms with Gasteiger partial charge in [-0.3, -0.25) is 0 Å². The van der Waals surface area contributed by atoms with Crippen molar-refractivity contribution in [2.24, 2.45) is 0 Å². The molecule has 0 radical (unpaired) electrons. The van der Waals surface area contributed by atoms with Crippen molar-refractivity contribution in [2.45, 2.75) is 71.5 Å². The summed E-state index contributed by atoms with van der Waals surface area (Å²) in [4.78, 5) is 0. The van der Waals surface area contributed by atoms with Crippen molar-refractivity contribution in [3.63, 3.8) is 0 Å². The molecule has 0 aliphatic rings. The van der Waals surface area contributed by atoms with E-state index in [0.29, 0.717) is 16.6 Å². The van der Waals surface area contributed by atoms with Crippen LogP contribution in [0.2, 0.25) is 16.6 Å². The molecule has 0 saturated carbocycles. The second-order valence-corrected chi connectivity index (χ2v) is 12.7. The Hall–Kier alpha value is 0.647. The predicted molar refractivity (Wildman–Crippen MR) is 94.3 cm³/mol. The molecular formula is C15H31IOSi. The van der Waals surface area contributed by atoms with E-state index in [1.807, 2.05) is 0 Å². The number of hydrogen-bond donors (Lipinski definition) is 0. The Morgan fingerprint density at radius 1 is 1.06 bits per heavy atom. The van der Waals surface area contributed by atoms with E-state index >= 15 is 0 Å². The van der Waals surface area contributed by atoms with Crippen LogP contribution < -0.4 is 0 Å². The zero-order valence-corrected chi connectivity index (χ0v) is 16.4. The molecule has 0 bridgehead atoms. The molecule has 108 valence electrons. The summed E-state index contributed by atoms with van der Waals surface area (Å²) >= 11 is 2.42. The van der Waals surface area contributed by atoms with Crippen LogP contribution in [0.1, 0.15) is 54.9 Å². The first kappa shape index (κ1) is 18.6. The lowest BCUT2D eigenvalue weighted by molar-refractivity contribution is 0.307. The van der Waals surface area contributed by atoms with Gasteiger partial charge in [0.2, 0.25) is 8.32 Å². The lowest BCUT2D eigenvalue weighted by Crippen LogP contribution is -2.48. The van der Waals surface area contributed by atoms with Gasteiger partial charge in [0.15, 0.2) is 0 Å². The SMILES string of the molecule is C/C(=C/CCI)CO[Si](C(C)C)(C(C)C)C(C)C. The average Bonchev–Trinajstić information content (AvgIpc) is 2.25. The molecule has 0 aliphatic carbocycles. The maximum absolute atomic E-state index is 6.54. The molecule has 0 spiro atoms. The van der Waals surface area contributed by atoms with E-state index in [1.165, 1.54) is 10.0 Å². The Labute approximate surface area is 129 Å². The van der Waals surface area contributed by atoms with Crippen LogP contribution in [0.5, 0.6) is 0 Å². The van der Waals surface area contributed by atoms with E-state index < -0.39 is 8.32 Å². The zero-order valence-electron chi connectivity index (χ0n) is 13.2. The van der Waals surface area contributed by atoms with Crippen LogP contribution in [0.25, 0.3) is 0 Å². The van der Waals surface area contributed by atoms with E-state index in [1.54, 1.807) is 0 Å². The van der Waals surface area contributed by atoms with Crippen molar-refractivity contribution in [1.82, 2.24) is 0 Å². The molecule has 1 nitrogen and oxygen atoms in total. The third-order valence-corrected chi connectivity index (χ3v) is 10.5. The van der Waals surface area contributed by atoms with Crippen molar-refractivity contribution in [2.75, 3.05) is 11.0 Å². The molecule has 0 amide bonds. The Morgan fingerprint density at radius 3 is 1.83 bits per heavy atom. The van der Waals surface area contributed by atoms with Crippen LogP contribution >= 0.6 is 22.6 Å². The van der Waals surface area contributed by atoms with Crippen molar-refractivity contribution < 1.29 is 4.43 Å². The Morgan fingerprint density at radius 2 is 1.50 bits per heavy atom. The van der Waals surface area contributed by atoms with Gasteiger partial charge in [-0.1, -0.05) is 75.8 Å². The van der Waals surface area contributed by atoms with E-state index in [0.717, 1.165) is 13.0 Å². The van der Waals surface area contributed by atoms with Gasteiger partial charge in [-0.25, -0.2) is 0 Å². The quantitative estimate of drug-likeness (QED) is 0.218. The van der Waals surface area contributed by atoms with Crippen molar-refractivity contribution in [3.8, 4) is 0 Å². The number of rotatable bonds is 8. The van der Waals surface area contributed by atoms with Crippen LogP contribution in [0.15, 0.2) is 11.6 Å². The van der Waals surface area contributed by atoms with Gasteiger partial charge in [0.25, 0.3) is 0 Å². The van der Waals surface area contributed by atoms with Crippen LogP contribution in [0.4, 0.5) is 0 Å². The largest absolute Gasteiger partial charge is 0.412 e. The van der Waals surface area contributed by atoms with Gasteiger partial charge in [0.1, 0.15) is 0 Å². The number of hydrogen-bond acceptors (Lipinski definition) is 1. The number of halogens is 1. The van der Waals surface area contributed by atoms with Gasteiger partial charge >= 0.3 is 0 Å². The first-order valence-electron chi connectivity index (χ1n) is 7.14. The summed E-state index contributed by atoms with van der Waals surface area (Å²) in [6.45, 7) is 17.1. The molecule has 0 aromatic rings. The van der Waals surface area contributed by atoms with Gasteiger partial charge in [-0.2, -0.15) is 0 Å². The third-order valence-electron chi connectivity index (χ3n) is 3.86. The van der Waals surface area contributed by atoms with Gasteiger partial charge in [0.05, 0.1) is 6.61 Å². The molecule has 18 heavy (non-hydrogen) atoms. The summed E-state index contributed by atoms with van der Waals surface area (Å²) in [5, 5.41) is 0. The minimum Gasteiger partial charge on any atom is -0.412 e. The predicted octanol–water partition coefficient (Wildman–Crippen LogP) is 5.95. The molecule has 0 aromatic carbocycles. The monoisotopic (exact) mass is 382 g/mol. The fraction of sp³-hybridized carbons (Fsp3) is 0.867. The standard InChI is InChI=1S/C15H31IOSi/c1-12(2)18(13(3)4,14(5)6)17-11-15(7)9-8-10-16/h9,12-14H,8,10-11H2,1-7H3/b15-9-. The molecule has 0 aromatic heterocycles. The summed E-state index contributed by atoms with van der Waals surface area (Å²) in [6, 6.07) is 0. The minimum absolute atomic E-state index is 0.676. The van der Waals surface area contributed by atoms with Crippen LogP contribution in [-0.4, -0.2) is 19.4 Å². The summed E-state index contributed by atoms with van der Waals surface area (Å²) in [5.74, 6) is 0. The molecule has 0 aliphatic heterocycles. The number of alkyl halides is 1. The fourth-order valence-electron chi connectivity index (χ4n) is 3.10. The van der Waals surface area contributed by atoms with Gasteiger partial charge in [-0.15, -0.1) is 0 Å². The highest BCUT2D eigenvalue weighted by atomic mass is 127. The van der Waals surface area contributed by atoms with Crippen molar-refractivity contribution in [1.29, 1.82) is 0 Å². The summed E-state index contributed by atoms with van der Waals surface area (Å²) < 4.78 is 7.73. The molecule has 0 atom stereocenters. The van der Waals surface area contributed by atoms with E-state index in [-0.39, 0.29) is 0 Å². The summed E-state index contributed by atoms with van der Waals surface area (Å²) in [5.41, 5.74) is 3.42. The maximum Gasteiger partial charge on any atom is 0.200 e. The van der Waals surface area contributed by atoms with E-state index in [2.05, 4.69) is 77.1 Å². The molecule has 0 unspecified atom stereocenters. The minimum atomic E-state index is -1.67. The molecule has 0 rings (SSSR count). The van der Waals surface area contributed by atoms with Gasteiger partial charge in [0, 0.05) is 4.43 Å². The molecule has 0 saturated heterocycles. The lowest BCUT2D eigenvalue weighted by atomic mass is 10.3. The first-order chi connectivity index (χ1) is 8.28. The van der Waals surface area contributed by atoms with Gasteiger partial charge < -0.3 is 4.43 Å². The van der Waals surface area contributed by atoms with Crippen LogP contribution in [0.3, 0.4) is 0 Å². The van der Waals surface area contributed by atoms with Gasteiger partial charge in [-0.05, 0) is 30.0 Å². The normalized spacial score (nSPS) is 14.1.